The van der Waals surface area contributed by atoms with E-state index in [9.17, 15) is 9.59 Å². The Kier molecular flexibility index (Phi) is 4.81. The van der Waals surface area contributed by atoms with Crippen molar-refractivity contribution >= 4 is 22.8 Å². The Bertz CT molecular complexity index is 930. The number of amides is 2. The molecule has 0 unspecified atom stereocenters. The first-order valence-electron chi connectivity index (χ1n) is 7.79. The van der Waals surface area contributed by atoms with Gasteiger partial charge in [-0.3, -0.25) is 9.59 Å². The minimum atomic E-state index is -0.493. The third kappa shape index (κ3) is 3.39. The molecule has 0 spiro atoms. The van der Waals surface area contributed by atoms with E-state index in [-0.39, 0.29) is 5.91 Å². The number of nitrogens with two attached hydrogens (primary N) is 1. The van der Waals surface area contributed by atoms with Gasteiger partial charge in [-0.05, 0) is 23.8 Å². The SMILES string of the molecule is COCCNC(=O)c1cccc2c(-c3cccc(C(N)=O)c3)coc12. The van der Waals surface area contributed by atoms with E-state index in [1.165, 1.54) is 0 Å². The lowest BCUT2D eigenvalue weighted by atomic mass is 10.0. The zero-order chi connectivity index (χ0) is 17.8. The summed E-state index contributed by atoms with van der Waals surface area (Å²) in [6.07, 6.45) is 1.58. The number of hydrogen-bond donors (Lipinski definition) is 2. The molecule has 0 aliphatic rings. The Balaban J connectivity index is 2.00. The molecular formula is C19H18N2O4. The van der Waals surface area contributed by atoms with Crippen molar-refractivity contribution in [1.82, 2.24) is 5.32 Å². The van der Waals surface area contributed by atoms with Gasteiger partial charge in [-0.2, -0.15) is 0 Å². The number of furan rings is 1. The molecule has 1 aromatic heterocycles. The molecule has 3 N–H and O–H groups in total. The van der Waals surface area contributed by atoms with Crippen LogP contribution >= 0.6 is 0 Å². The van der Waals surface area contributed by atoms with Crippen molar-refractivity contribution < 1.29 is 18.7 Å². The van der Waals surface area contributed by atoms with Gasteiger partial charge in [0.15, 0.2) is 0 Å². The standard InChI is InChI=1S/C19H18N2O4/c1-24-9-8-21-19(23)15-7-3-6-14-16(11-25-17(14)15)12-4-2-5-13(10-12)18(20)22/h2-7,10-11H,8-9H2,1H3,(H2,20,22)(H,21,23). The van der Waals surface area contributed by atoms with Gasteiger partial charge < -0.3 is 20.2 Å². The van der Waals surface area contributed by atoms with Crippen LogP contribution in [0.1, 0.15) is 20.7 Å². The second-order valence-corrected chi connectivity index (χ2v) is 5.53. The molecule has 0 aliphatic heterocycles. The molecule has 6 nitrogen and oxygen atoms in total. The van der Waals surface area contributed by atoms with Crippen LogP contribution in [0, 0.1) is 0 Å². The monoisotopic (exact) mass is 338 g/mol. The number of primary amides is 1. The van der Waals surface area contributed by atoms with Crippen molar-refractivity contribution in [3.05, 3.63) is 59.9 Å². The first-order valence-corrected chi connectivity index (χ1v) is 7.79. The topological polar surface area (TPSA) is 94.6 Å². The fourth-order valence-electron chi connectivity index (χ4n) is 2.66. The molecule has 2 aromatic carbocycles. The Hall–Kier alpha value is -3.12. The molecule has 0 bridgehead atoms. The Morgan fingerprint density at radius 3 is 2.76 bits per heavy atom. The second kappa shape index (κ2) is 7.19. The zero-order valence-electron chi connectivity index (χ0n) is 13.7. The number of methoxy groups -OCH3 is 1. The fourth-order valence-corrected chi connectivity index (χ4v) is 2.66. The number of carbonyl (C=O) groups excluding carboxylic acids is 2. The van der Waals surface area contributed by atoms with Crippen molar-refractivity contribution in [2.24, 2.45) is 5.73 Å². The Morgan fingerprint density at radius 1 is 1.20 bits per heavy atom. The third-order valence-electron chi connectivity index (χ3n) is 3.89. The minimum absolute atomic E-state index is 0.227. The van der Waals surface area contributed by atoms with Gasteiger partial charge in [0.05, 0.1) is 18.4 Å². The number of benzene rings is 2. The largest absolute Gasteiger partial charge is 0.463 e. The summed E-state index contributed by atoms with van der Waals surface area (Å²) >= 11 is 0. The number of hydrogen-bond acceptors (Lipinski definition) is 4. The highest BCUT2D eigenvalue weighted by molar-refractivity contribution is 6.08. The summed E-state index contributed by atoms with van der Waals surface area (Å²) in [5.41, 5.74) is 8.30. The van der Waals surface area contributed by atoms with E-state index in [1.54, 1.807) is 43.7 Å². The number of nitrogens with one attached hydrogen (secondary N) is 1. The highest BCUT2D eigenvalue weighted by atomic mass is 16.5. The predicted molar refractivity (Wildman–Crippen MR) is 94.4 cm³/mol. The average molecular weight is 338 g/mol. The molecule has 0 atom stereocenters. The first-order chi connectivity index (χ1) is 12.1. The summed E-state index contributed by atoms with van der Waals surface area (Å²) in [5, 5.41) is 3.57. The molecule has 0 saturated heterocycles. The molecule has 0 aliphatic carbocycles. The van der Waals surface area contributed by atoms with Crippen molar-refractivity contribution in [3.63, 3.8) is 0 Å². The van der Waals surface area contributed by atoms with Crippen LogP contribution in [0.15, 0.2) is 53.1 Å². The lowest BCUT2D eigenvalue weighted by Crippen LogP contribution is -2.26. The predicted octanol–water partition coefficient (Wildman–Crippen LogP) is 2.57. The Morgan fingerprint density at radius 2 is 2.00 bits per heavy atom. The van der Waals surface area contributed by atoms with Crippen molar-refractivity contribution in [3.8, 4) is 11.1 Å². The first kappa shape index (κ1) is 16.7. The molecular weight excluding hydrogens is 320 g/mol. The van der Waals surface area contributed by atoms with Gasteiger partial charge in [0, 0.05) is 30.2 Å². The second-order valence-electron chi connectivity index (χ2n) is 5.53. The van der Waals surface area contributed by atoms with E-state index in [0.29, 0.717) is 29.9 Å². The van der Waals surface area contributed by atoms with Crippen molar-refractivity contribution in [2.75, 3.05) is 20.3 Å². The fraction of sp³-hybridized carbons (Fsp3) is 0.158. The number of para-hydroxylation sites is 1. The molecule has 0 fully saturated rings. The van der Waals surface area contributed by atoms with Crippen LogP contribution in [-0.4, -0.2) is 32.1 Å². The highest BCUT2D eigenvalue weighted by Crippen LogP contribution is 2.32. The van der Waals surface area contributed by atoms with Gasteiger partial charge in [-0.25, -0.2) is 0 Å². The molecule has 3 rings (SSSR count). The normalized spacial score (nSPS) is 10.8. The highest BCUT2D eigenvalue weighted by Gasteiger charge is 2.16. The van der Waals surface area contributed by atoms with Crippen LogP contribution in [0.2, 0.25) is 0 Å². The number of fused-ring (bicyclic) bond motifs is 1. The lowest BCUT2D eigenvalue weighted by Gasteiger charge is -2.05. The lowest BCUT2D eigenvalue weighted by molar-refractivity contribution is 0.0937. The van der Waals surface area contributed by atoms with Gasteiger partial charge >= 0.3 is 0 Å². The van der Waals surface area contributed by atoms with Crippen LogP contribution in [-0.2, 0) is 4.74 Å². The molecule has 25 heavy (non-hydrogen) atoms. The van der Waals surface area contributed by atoms with E-state index < -0.39 is 5.91 Å². The summed E-state index contributed by atoms with van der Waals surface area (Å²) in [7, 11) is 1.58. The van der Waals surface area contributed by atoms with Crippen LogP contribution in [0.3, 0.4) is 0 Å². The van der Waals surface area contributed by atoms with Gasteiger partial charge in [0.2, 0.25) is 5.91 Å². The van der Waals surface area contributed by atoms with E-state index in [4.69, 9.17) is 14.9 Å². The van der Waals surface area contributed by atoms with Gasteiger partial charge in [0.1, 0.15) is 5.58 Å². The number of ether oxygens (including phenoxy) is 1. The average Bonchev–Trinajstić information content (AvgIpc) is 3.06. The molecule has 1 heterocycles. The number of rotatable bonds is 6. The third-order valence-corrected chi connectivity index (χ3v) is 3.89. The summed E-state index contributed by atoms with van der Waals surface area (Å²) in [6.45, 7) is 0.852. The molecule has 0 radical (unpaired) electrons. The summed E-state index contributed by atoms with van der Waals surface area (Å²) in [6, 6.07) is 12.4. The summed E-state index contributed by atoms with van der Waals surface area (Å²) in [4.78, 5) is 23.7. The summed E-state index contributed by atoms with van der Waals surface area (Å²) < 4.78 is 10.6. The van der Waals surface area contributed by atoms with E-state index in [1.807, 2.05) is 12.1 Å². The van der Waals surface area contributed by atoms with Crippen LogP contribution in [0.5, 0.6) is 0 Å². The smallest absolute Gasteiger partial charge is 0.255 e. The van der Waals surface area contributed by atoms with E-state index in [0.717, 1.165) is 16.5 Å². The minimum Gasteiger partial charge on any atom is -0.463 e. The maximum Gasteiger partial charge on any atom is 0.255 e. The van der Waals surface area contributed by atoms with E-state index >= 15 is 0 Å². The van der Waals surface area contributed by atoms with Crippen LogP contribution in [0.4, 0.5) is 0 Å². The summed E-state index contributed by atoms with van der Waals surface area (Å²) in [5.74, 6) is -0.720. The van der Waals surface area contributed by atoms with Crippen molar-refractivity contribution in [1.29, 1.82) is 0 Å². The number of carbonyl (C=O) groups is 2. The molecule has 0 saturated carbocycles. The van der Waals surface area contributed by atoms with Gasteiger partial charge in [-0.1, -0.05) is 24.3 Å². The van der Waals surface area contributed by atoms with Gasteiger partial charge in [0.25, 0.3) is 5.91 Å². The van der Waals surface area contributed by atoms with Crippen molar-refractivity contribution in [2.45, 2.75) is 0 Å². The van der Waals surface area contributed by atoms with E-state index in [2.05, 4.69) is 5.32 Å². The maximum atomic E-state index is 12.3. The van der Waals surface area contributed by atoms with Crippen LogP contribution < -0.4 is 11.1 Å². The van der Waals surface area contributed by atoms with Gasteiger partial charge in [-0.15, -0.1) is 0 Å². The molecule has 128 valence electrons. The quantitative estimate of drug-likeness (QED) is 0.675. The molecule has 3 aromatic rings. The molecule has 6 heteroatoms. The maximum absolute atomic E-state index is 12.3. The Labute approximate surface area is 144 Å². The van der Waals surface area contributed by atoms with Crippen LogP contribution in [0.25, 0.3) is 22.1 Å². The zero-order valence-corrected chi connectivity index (χ0v) is 13.7. The molecule has 2 amide bonds.